The van der Waals surface area contributed by atoms with E-state index in [1.807, 2.05) is 0 Å². The van der Waals surface area contributed by atoms with E-state index in [-0.39, 0.29) is 94.1 Å². The lowest BCUT2D eigenvalue weighted by atomic mass is 10.0. The summed E-state index contributed by atoms with van der Waals surface area (Å²) in [5, 5.41) is 25.1. The molecule has 0 aliphatic rings. The molecule has 24 heteroatoms. The van der Waals surface area contributed by atoms with E-state index >= 15 is 0 Å². The highest BCUT2D eigenvalue weighted by molar-refractivity contribution is 5.96. The molecule has 0 heterocycles. The first-order valence-electron chi connectivity index (χ1n) is 19.7. The number of guanidine groups is 3. The number of benzene rings is 1. The van der Waals surface area contributed by atoms with Gasteiger partial charge >= 0.3 is 0 Å². The Morgan fingerprint density at radius 3 is 1.41 bits per heavy atom. The van der Waals surface area contributed by atoms with Crippen LogP contribution in [-0.4, -0.2) is 121 Å². The van der Waals surface area contributed by atoms with Crippen LogP contribution in [0.5, 0.6) is 5.75 Å². The predicted molar refractivity (Wildman–Crippen MR) is 229 cm³/mol. The molecule has 0 aliphatic heterocycles. The molecule has 0 radical (unpaired) electrons. The number of nitrogens with one attached hydrogen (secondary N) is 6. The van der Waals surface area contributed by atoms with Gasteiger partial charge in [-0.15, -0.1) is 0 Å². The van der Waals surface area contributed by atoms with Gasteiger partial charge in [-0.3, -0.25) is 48.5 Å². The first-order chi connectivity index (χ1) is 28.7. The molecule has 1 aromatic carbocycles. The highest BCUT2D eigenvalue weighted by Crippen LogP contribution is 2.13. The fraction of sp³-hybridized carbons (Fsp3) is 0.568. The molecule has 21 N–H and O–H groups in total. The second kappa shape index (κ2) is 27.7. The van der Waals surface area contributed by atoms with Gasteiger partial charge in [0.1, 0.15) is 36.0 Å². The van der Waals surface area contributed by atoms with Crippen LogP contribution in [0.1, 0.15) is 71.3 Å². The zero-order valence-corrected chi connectivity index (χ0v) is 34.9. The number of carbonyl (C=O) groups is 7. The van der Waals surface area contributed by atoms with Crippen molar-refractivity contribution in [2.75, 3.05) is 26.2 Å². The number of rotatable bonds is 28. The number of phenols is 1. The van der Waals surface area contributed by atoms with Crippen molar-refractivity contribution in [2.45, 2.75) is 102 Å². The zero-order valence-electron chi connectivity index (χ0n) is 34.9. The van der Waals surface area contributed by atoms with Crippen molar-refractivity contribution < 1.29 is 38.7 Å². The van der Waals surface area contributed by atoms with Gasteiger partial charge in [-0.25, -0.2) is 0 Å². The minimum Gasteiger partial charge on any atom is -0.508 e. The normalized spacial score (nSPS) is 13.1. The fourth-order valence-corrected chi connectivity index (χ4v) is 5.71. The number of nitrogens with zero attached hydrogens (tertiary/aromatic N) is 3. The summed E-state index contributed by atoms with van der Waals surface area (Å²) in [6.07, 6.45) is 1.03. The van der Waals surface area contributed by atoms with Gasteiger partial charge in [-0.1, -0.05) is 26.0 Å². The number of carbonyl (C=O) groups excluding carboxylic acids is 7. The van der Waals surface area contributed by atoms with Crippen LogP contribution < -0.4 is 72.0 Å². The molecule has 0 spiro atoms. The van der Waals surface area contributed by atoms with Gasteiger partial charge in [0.25, 0.3) is 0 Å². The van der Waals surface area contributed by atoms with Crippen molar-refractivity contribution in [1.29, 1.82) is 0 Å². The van der Waals surface area contributed by atoms with E-state index in [0.717, 1.165) is 0 Å². The third kappa shape index (κ3) is 23.3. The Kier molecular flexibility index (Phi) is 23.7. The van der Waals surface area contributed by atoms with Crippen LogP contribution in [0.2, 0.25) is 0 Å². The molecule has 0 unspecified atom stereocenters. The van der Waals surface area contributed by atoms with Crippen LogP contribution in [-0.2, 0) is 40.0 Å². The van der Waals surface area contributed by atoms with Gasteiger partial charge in [-0.2, -0.15) is 0 Å². The standard InChI is InChI=1S/C37H64N16O8/c1-20(2)17-28(34(61)51-26(9-6-16-47-37(43)44)33(60)52-27(30(38)57)18-22-10-12-23(55)13-11-22)53-32(59)25(8-5-15-46-36(41)42)50-29(56)19-48-31(58)24(49-21(3)54)7-4-14-45-35(39)40/h10-13,20,24-28,55H,4-9,14-19H2,1-3H3,(H2,38,57)(H,48,58)(H,49,54)(H,50,56)(H,51,61)(H,52,60)(H,53,59)(H4,39,40,45)(H4,41,42,46)(H4,43,44,47)/t24-,25-,26-,27-,28-/m0/s1. The van der Waals surface area contributed by atoms with Crippen molar-refractivity contribution in [3.05, 3.63) is 29.8 Å². The molecule has 0 aromatic heterocycles. The van der Waals surface area contributed by atoms with Crippen molar-refractivity contribution in [3.8, 4) is 5.75 Å². The summed E-state index contributed by atoms with van der Waals surface area (Å²) in [6.45, 7) is 4.66. The highest BCUT2D eigenvalue weighted by Gasteiger charge is 2.32. The number of hydrogen-bond donors (Lipinski definition) is 14. The maximum Gasteiger partial charge on any atom is 0.243 e. The number of amides is 7. The molecule has 1 aromatic rings. The number of nitrogens with two attached hydrogens (primary N) is 7. The number of primary amides is 1. The number of hydrogen-bond acceptors (Lipinski definition) is 11. The number of aliphatic imine (C=N–C) groups is 3. The van der Waals surface area contributed by atoms with Crippen LogP contribution >= 0.6 is 0 Å². The maximum absolute atomic E-state index is 13.9. The average molecular weight is 861 g/mol. The summed E-state index contributed by atoms with van der Waals surface area (Å²) >= 11 is 0. The minimum absolute atomic E-state index is 0.000551. The van der Waals surface area contributed by atoms with Gasteiger partial charge < -0.3 is 77.1 Å². The largest absolute Gasteiger partial charge is 0.508 e. The second-order valence-electron chi connectivity index (χ2n) is 14.5. The van der Waals surface area contributed by atoms with E-state index < -0.39 is 78.1 Å². The molecular weight excluding hydrogens is 797 g/mol. The molecule has 0 saturated carbocycles. The number of aromatic hydroxyl groups is 1. The first-order valence-corrected chi connectivity index (χ1v) is 19.7. The molecule has 24 nitrogen and oxygen atoms in total. The molecule has 1 rings (SSSR count). The topological polar surface area (TPSA) is 431 Å². The first kappa shape index (κ1) is 52.1. The van der Waals surface area contributed by atoms with E-state index in [9.17, 15) is 38.7 Å². The van der Waals surface area contributed by atoms with Crippen LogP contribution in [0, 0.1) is 5.92 Å². The summed E-state index contributed by atoms with van der Waals surface area (Å²) in [5.41, 5.74) is 38.6. The Morgan fingerprint density at radius 2 is 0.984 bits per heavy atom. The van der Waals surface area contributed by atoms with E-state index in [1.165, 1.54) is 19.1 Å². The second-order valence-corrected chi connectivity index (χ2v) is 14.5. The fourth-order valence-electron chi connectivity index (χ4n) is 5.71. The van der Waals surface area contributed by atoms with Crippen molar-refractivity contribution in [2.24, 2.45) is 61.0 Å². The molecule has 0 bridgehead atoms. The Labute approximate surface area is 354 Å². The highest BCUT2D eigenvalue weighted by atomic mass is 16.3. The van der Waals surface area contributed by atoms with Gasteiger partial charge in [-0.05, 0) is 68.6 Å². The molecule has 0 aliphatic carbocycles. The molecule has 5 atom stereocenters. The van der Waals surface area contributed by atoms with E-state index in [2.05, 4.69) is 46.9 Å². The molecule has 340 valence electrons. The lowest BCUT2D eigenvalue weighted by Gasteiger charge is -2.27. The monoisotopic (exact) mass is 861 g/mol. The van der Waals surface area contributed by atoms with Crippen molar-refractivity contribution in [1.82, 2.24) is 31.9 Å². The third-order valence-corrected chi connectivity index (χ3v) is 8.61. The summed E-state index contributed by atoms with van der Waals surface area (Å²) < 4.78 is 0. The van der Waals surface area contributed by atoms with Crippen LogP contribution in [0.25, 0.3) is 0 Å². The van der Waals surface area contributed by atoms with Crippen molar-refractivity contribution in [3.63, 3.8) is 0 Å². The summed E-state index contributed by atoms with van der Waals surface area (Å²) in [5.74, 6) is -5.70. The Balaban J connectivity index is 3.26. The molecule has 7 amide bonds. The van der Waals surface area contributed by atoms with Gasteiger partial charge in [0.2, 0.25) is 41.4 Å². The lowest BCUT2D eigenvalue weighted by Crippen LogP contribution is -2.58. The maximum atomic E-state index is 13.9. The smallest absolute Gasteiger partial charge is 0.243 e. The summed E-state index contributed by atoms with van der Waals surface area (Å²) in [7, 11) is 0. The minimum atomic E-state index is -1.25. The van der Waals surface area contributed by atoms with E-state index in [0.29, 0.717) is 12.0 Å². The Hall–Kier alpha value is -6.88. The third-order valence-electron chi connectivity index (χ3n) is 8.61. The Morgan fingerprint density at radius 1 is 0.574 bits per heavy atom. The SMILES string of the molecule is CC(=O)N[C@@H](CCCN=C(N)N)C(=O)NCC(=O)N[C@@H](CCCN=C(N)N)C(=O)N[C@@H](CC(C)C)C(=O)N[C@@H](CCCN=C(N)N)C(=O)N[C@@H](Cc1ccc(O)cc1)C(N)=O. The summed E-state index contributed by atoms with van der Waals surface area (Å²) in [4.78, 5) is 103. The number of phenolic OH excluding ortho intramolecular Hbond substituents is 1. The zero-order chi connectivity index (χ0) is 46.1. The average Bonchev–Trinajstić information content (AvgIpc) is 3.16. The van der Waals surface area contributed by atoms with Crippen LogP contribution in [0.15, 0.2) is 39.2 Å². The van der Waals surface area contributed by atoms with Gasteiger partial charge in [0, 0.05) is 33.0 Å². The van der Waals surface area contributed by atoms with E-state index in [4.69, 9.17) is 40.1 Å². The van der Waals surface area contributed by atoms with Crippen LogP contribution in [0.4, 0.5) is 0 Å². The van der Waals surface area contributed by atoms with Crippen molar-refractivity contribution >= 4 is 59.2 Å². The van der Waals surface area contributed by atoms with Gasteiger partial charge in [0.05, 0.1) is 6.54 Å². The molecule has 0 fully saturated rings. The Bertz CT molecular complexity index is 1710. The lowest BCUT2D eigenvalue weighted by molar-refractivity contribution is -0.135. The van der Waals surface area contributed by atoms with Gasteiger partial charge in [0.15, 0.2) is 17.9 Å². The van der Waals surface area contributed by atoms with E-state index in [1.54, 1.807) is 26.0 Å². The summed E-state index contributed by atoms with van der Waals surface area (Å²) in [6, 6.07) is 0.0182. The predicted octanol–water partition coefficient (Wildman–Crippen LogP) is -4.81. The molecule has 0 saturated heterocycles. The molecular formula is C37H64N16O8. The molecule has 61 heavy (non-hydrogen) atoms. The van der Waals surface area contributed by atoms with Crippen LogP contribution in [0.3, 0.4) is 0 Å². The quantitative estimate of drug-likeness (QED) is 0.0214.